The molecule has 3 aromatic rings. The van der Waals surface area contributed by atoms with Gasteiger partial charge in [-0.25, -0.2) is 4.99 Å². The maximum absolute atomic E-state index is 4.81. The number of aryl methyl sites for hydroxylation is 3. The molecule has 1 aliphatic carbocycles. The molecule has 1 aliphatic rings. The summed E-state index contributed by atoms with van der Waals surface area (Å²) in [5.74, 6) is 2.56. The maximum atomic E-state index is 4.81. The van der Waals surface area contributed by atoms with Gasteiger partial charge in [-0.15, -0.1) is 21.5 Å². The third-order valence-corrected chi connectivity index (χ3v) is 6.97. The van der Waals surface area contributed by atoms with Crippen molar-refractivity contribution in [1.29, 1.82) is 0 Å². The SMILES string of the molecule is Cc1nnc(CN=C(NCCc2cccs2)NC(C)c2ccc3c(c2)CCCC3)n1C. The van der Waals surface area contributed by atoms with E-state index in [4.69, 9.17) is 4.99 Å². The predicted molar refractivity (Wildman–Crippen MR) is 128 cm³/mol. The molecule has 0 saturated heterocycles. The number of hydrogen-bond acceptors (Lipinski definition) is 4. The van der Waals surface area contributed by atoms with E-state index in [9.17, 15) is 0 Å². The summed E-state index contributed by atoms with van der Waals surface area (Å²) in [6.07, 6.45) is 6.00. The van der Waals surface area contributed by atoms with Crippen molar-refractivity contribution in [2.45, 2.75) is 58.5 Å². The molecule has 2 aromatic heterocycles. The number of fused-ring (bicyclic) bond motifs is 1. The van der Waals surface area contributed by atoms with E-state index in [0.29, 0.717) is 6.54 Å². The van der Waals surface area contributed by atoms with Crippen molar-refractivity contribution in [1.82, 2.24) is 25.4 Å². The summed E-state index contributed by atoms with van der Waals surface area (Å²) in [5.41, 5.74) is 4.34. The van der Waals surface area contributed by atoms with E-state index in [1.165, 1.54) is 47.3 Å². The fraction of sp³-hybridized carbons (Fsp3) is 0.458. The maximum Gasteiger partial charge on any atom is 0.192 e. The Balaban J connectivity index is 1.45. The molecule has 0 saturated carbocycles. The molecule has 0 spiro atoms. The first kappa shape index (κ1) is 21.6. The van der Waals surface area contributed by atoms with Gasteiger partial charge >= 0.3 is 0 Å². The predicted octanol–water partition coefficient (Wildman–Crippen LogP) is 4.10. The Morgan fingerprint density at radius 2 is 2.03 bits per heavy atom. The van der Waals surface area contributed by atoms with Crippen LogP contribution in [0.5, 0.6) is 0 Å². The Labute approximate surface area is 188 Å². The Morgan fingerprint density at radius 3 is 2.77 bits per heavy atom. The number of benzene rings is 1. The summed E-state index contributed by atoms with van der Waals surface area (Å²) >= 11 is 1.79. The molecule has 6 nitrogen and oxygen atoms in total. The molecule has 0 aliphatic heterocycles. The third-order valence-electron chi connectivity index (χ3n) is 6.03. The van der Waals surface area contributed by atoms with Gasteiger partial charge in [0.2, 0.25) is 0 Å². The lowest BCUT2D eigenvalue weighted by Crippen LogP contribution is -2.39. The van der Waals surface area contributed by atoms with E-state index in [0.717, 1.165) is 30.6 Å². The van der Waals surface area contributed by atoms with Crippen LogP contribution in [0.3, 0.4) is 0 Å². The number of aromatic nitrogens is 3. The Hall–Kier alpha value is -2.67. The molecule has 0 radical (unpaired) electrons. The summed E-state index contributed by atoms with van der Waals surface area (Å²) in [4.78, 5) is 6.19. The summed E-state index contributed by atoms with van der Waals surface area (Å²) < 4.78 is 1.99. The normalized spacial score (nSPS) is 14.9. The van der Waals surface area contributed by atoms with Gasteiger partial charge in [0.1, 0.15) is 12.4 Å². The lowest BCUT2D eigenvalue weighted by molar-refractivity contribution is 0.661. The van der Waals surface area contributed by atoms with Crippen LogP contribution in [0.25, 0.3) is 0 Å². The molecule has 7 heteroatoms. The zero-order valence-electron chi connectivity index (χ0n) is 18.7. The van der Waals surface area contributed by atoms with Crippen LogP contribution in [-0.2, 0) is 32.9 Å². The third kappa shape index (κ3) is 5.53. The summed E-state index contributed by atoms with van der Waals surface area (Å²) in [6.45, 7) is 5.48. The van der Waals surface area contributed by atoms with Crippen LogP contribution >= 0.6 is 11.3 Å². The second kappa shape index (κ2) is 10.1. The Kier molecular flexibility index (Phi) is 7.02. The first-order chi connectivity index (χ1) is 15.1. The lowest BCUT2D eigenvalue weighted by atomic mass is 9.89. The van der Waals surface area contributed by atoms with Crippen LogP contribution in [0, 0.1) is 6.92 Å². The van der Waals surface area contributed by atoms with Gasteiger partial charge in [0.25, 0.3) is 0 Å². The highest BCUT2D eigenvalue weighted by Gasteiger charge is 2.14. The molecule has 0 bridgehead atoms. The van der Waals surface area contributed by atoms with Crippen molar-refractivity contribution in [2.75, 3.05) is 6.54 Å². The molecule has 1 aromatic carbocycles. The van der Waals surface area contributed by atoms with Crippen LogP contribution in [0.15, 0.2) is 40.7 Å². The van der Waals surface area contributed by atoms with Gasteiger partial charge in [0.05, 0.1) is 6.04 Å². The molecular formula is C24H32N6S. The van der Waals surface area contributed by atoms with Crippen molar-refractivity contribution in [3.05, 3.63) is 68.9 Å². The van der Waals surface area contributed by atoms with Gasteiger partial charge in [-0.1, -0.05) is 24.3 Å². The van der Waals surface area contributed by atoms with E-state index in [2.05, 4.69) is 63.5 Å². The summed E-state index contributed by atoms with van der Waals surface area (Å²) in [6, 6.07) is 11.4. The minimum Gasteiger partial charge on any atom is -0.356 e. The minimum absolute atomic E-state index is 0.168. The van der Waals surface area contributed by atoms with Gasteiger partial charge in [-0.2, -0.15) is 0 Å². The monoisotopic (exact) mass is 436 g/mol. The van der Waals surface area contributed by atoms with Crippen molar-refractivity contribution >= 4 is 17.3 Å². The summed E-state index contributed by atoms with van der Waals surface area (Å²) in [7, 11) is 1.98. The molecule has 31 heavy (non-hydrogen) atoms. The van der Waals surface area contributed by atoms with E-state index in [1.807, 2.05) is 18.5 Å². The number of thiophene rings is 1. The molecule has 2 N–H and O–H groups in total. The smallest absolute Gasteiger partial charge is 0.192 e. The van der Waals surface area contributed by atoms with E-state index < -0.39 is 0 Å². The van der Waals surface area contributed by atoms with Gasteiger partial charge in [-0.3, -0.25) is 0 Å². The molecule has 0 fully saturated rings. The number of aliphatic imine (C=N–C) groups is 1. The largest absolute Gasteiger partial charge is 0.356 e. The van der Waals surface area contributed by atoms with E-state index in [1.54, 1.807) is 11.3 Å². The standard InChI is InChI=1S/C24H32N6S/c1-17(20-11-10-19-7-4-5-8-21(19)15-20)27-24(25-13-12-22-9-6-14-31-22)26-16-23-29-28-18(2)30(23)3/h6,9-11,14-15,17H,4-5,7-8,12-13,16H2,1-3H3,(H2,25,26,27). The number of rotatable bonds is 7. The van der Waals surface area contributed by atoms with Crippen LogP contribution in [0.4, 0.5) is 0 Å². The molecule has 2 heterocycles. The van der Waals surface area contributed by atoms with Crippen LogP contribution in [0.2, 0.25) is 0 Å². The fourth-order valence-corrected chi connectivity index (χ4v) is 4.67. The summed E-state index contributed by atoms with van der Waals surface area (Å²) in [5, 5.41) is 17.6. The Bertz CT molecular complexity index is 1020. The van der Waals surface area contributed by atoms with Gasteiger partial charge < -0.3 is 15.2 Å². The molecule has 1 atom stereocenters. The average Bonchev–Trinajstić information content (AvgIpc) is 3.42. The van der Waals surface area contributed by atoms with Gasteiger partial charge in [0, 0.05) is 18.5 Å². The second-order valence-corrected chi connectivity index (χ2v) is 9.28. The number of nitrogens with zero attached hydrogens (tertiary/aromatic N) is 4. The first-order valence-corrected chi connectivity index (χ1v) is 12.0. The molecule has 164 valence electrons. The van der Waals surface area contributed by atoms with Gasteiger partial charge in [0.15, 0.2) is 11.8 Å². The van der Waals surface area contributed by atoms with Gasteiger partial charge in [-0.05, 0) is 74.1 Å². The average molecular weight is 437 g/mol. The van der Waals surface area contributed by atoms with Crippen LogP contribution in [-0.4, -0.2) is 27.3 Å². The van der Waals surface area contributed by atoms with Crippen molar-refractivity contribution in [3.8, 4) is 0 Å². The number of hydrogen-bond donors (Lipinski definition) is 2. The number of nitrogens with one attached hydrogen (secondary N) is 2. The molecule has 4 rings (SSSR count). The minimum atomic E-state index is 0.168. The molecule has 0 amide bonds. The van der Waals surface area contributed by atoms with Crippen LogP contribution < -0.4 is 10.6 Å². The Morgan fingerprint density at radius 1 is 1.19 bits per heavy atom. The van der Waals surface area contributed by atoms with Crippen molar-refractivity contribution in [2.24, 2.45) is 12.0 Å². The van der Waals surface area contributed by atoms with E-state index in [-0.39, 0.29) is 6.04 Å². The number of guanidine groups is 1. The van der Waals surface area contributed by atoms with Crippen molar-refractivity contribution < 1.29 is 0 Å². The zero-order chi connectivity index (χ0) is 21.6. The van der Waals surface area contributed by atoms with Crippen molar-refractivity contribution in [3.63, 3.8) is 0 Å². The lowest BCUT2D eigenvalue weighted by Gasteiger charge is -2.22. The molecule has 1 unspecified atom stereocenters. The topological polar surface area (TPSA) is 67.1 Å². The fourth-order valence-electron chi connectivity index (χ4n) is 3.96. The highest BCUT2D eigenvalue weighted by atomic mass is 32.1. The second-order valence-electron chi connectivity index (χ2n) is 8.24. The highest BCUT2D eigenvalue weighted by Crippen LogP contribution is 2.24. The zero-order valence-corrected chi connectivity index (χ0v) is 19.5. The first-order valence-electron chi connectivity index (χ1n) is 11.1. The van der Waals surface area contributed by atoms with Crippen LogP contribution in [0.1, 0.15) is 59.0 Å². The van der Waals surface area contributed by atoms with E-state index >= 15 is 0 Å². The molecular weight excluding hydrogens is 404 g/mol. The quantitative estimate of drug-likeness (QED) is 0.432. The highest BCUT2D eigenvalue weighted by molar-refractivity contribution is 7.09.